The molecule has 0 aliphatic heterocycles. The van der Waals surface area contributed by atoms with Gasteiger partial charge in [-0.25, -0.2) is 0 Å². The van der Waals surface area contributed by atoms with Gasteiger partial charge in [-0.2, -0.15) is 0 Å². The van der Waals surface area contributed by atoms with Crippen LogP contribution in [0.15, 0.2) is 0 Å². The molecule has 0 bridgehead atoms. The van der Waals surface area contributed by atoms with E-state index in [1.165, 1.54) is 0 Å². The Morgan fingerprint density at radius 3 is 2.46 bits per heavy atom. The number of amides is 1. The molecule has 78 valence electrons. The van der Waals surface area contributed by atoms with Crippen molar-refractivity contribution in [3.63, 3.8) is 0 Å². The molecule has 0 aromatic carbocycles. The van der Waals surface area contributed by atoms with Crippen molar-refractivity contribution in [1.82, 2.24) is 5.32 Å². The van der Waals surface area contributed by atoms with Gasteiger partial charge < -0.3 is 11.1 Å². The van der Waals surface area contributed by atoms with Gasteiger partial charge in [0.1, 0.15) is 0 Å². The van der Waals surface area contributed by atoms with E-state index in [1.807, 2.05) is 13.8 Å². The Balaban J connectivity index is 3.99. The van der Waals surface area contributed by atoms with Gasteiger partial charge in [0.2, 0.25) is 5.91 Å². The summed E-state index contributed by atoms with van der Waals surface area (Å²) >= 11 is 0. The predicted molar refractivity (Wildman–Crippen MR) is 55.4 cm³/mol. The van der Waals surface area contributed by atoms with Gasteiger partial charge >= 0.3 is 0 Å². The van der Waals surface area contributed by atoms with E-state index in [9.17, 15) is 4.79 Å². The standard InChI is InChI=1S/C10H22N2O/c1-5-7-8(3)12-9(13)10(4,11)6-2/h8H,5-7,11H2,1-4H3,(H,12,13). The van der Waals surface area contributed by atoms with Crippen LogP contribution in [0.3, 0.4) is 0 Å². The van der Waals surface area contributed by atoms with Crippen molar-refractivity contribution >= 4 is 5.91 Å². The third kappa shape index (κ3) is 4.27. The van der Waals surface area contributed by atoms with Crippen LogP contribution in [0.5, 0.6) is 0 Å². The molecule has 3 N–H and O–H groups in total. The van der Waals surface area contributed by atoms with Crippen molar-refractivity contribution in [3.05, 3.63) is 0 Å². The Morgan fingerprint density at radius 2 is 2.08 bits per heavy atom. The summed E-state index contributed by atoms with van der Waals surface area (Å²) in [7, 11) is 0. The molecule has 2 atom stereocenters. The molecule has 0 fully saturated rings. The van der Waals surface area contributed by atoms with Crippen LogP contribution in [0.4, 0.5) is 0 Å². The number of rotatable bonds is 5. The van der Waals surface area contributed by atoms with Crippen LogP contribution in [-0.4, -0.2) is 17.5 Å². The molecule has 3 heteroatoms. The quantitative estimate of drug-likeness (QED) is 0.682. The minimum absolute atomic E-state index is 0.0454. The summed E-state index contributed by atoms with van der Waals surface area (Å²) < 4.78 is 0. The van der Waals surface area contributed by atoms with Crippen molar-refractivity contribution in [2.24, 2.45) is 5.73 Å². The second kappa shape index (κ2) is 5.22. The molecule has 13 heavy (non-hydrogen) atoms. The van der Waals surface area contributed by atoms with E-state index in [-0.39, 0.29) is 11.9 Å². The van der Waals surface area contributed by atoms with E-state index in [0.29, 0.717) is 6.42 Å². The number of hydrogen-bond acceptors (Lipinski definition) is 2. The first-order chi connectivity index (χ1) is 5.94. The summed E-state index contributed by atoms with van der Waals surface area (Å²) in [5.74, 6) is -0.0454. The zero-order valence-corrected chi connectivity index (χ0v) is 9.18. The van der Waals surface area contributed by atoms with E-state index >= 15 is 0 Å². The molecule has 0 rings (SSSR count). The van der Waals surface area contributed by atoms with E-state index in [2.05, 4.69) is 12.2 Å². The lowest BCUT2D eigenvalue weighted by atomic mass is 9.99. The number of nitrogens with two attached hydrogens (primary N) is 1. The average molecular weight is 186 g/mol. The smallest absolute Gasteiger partial charge is 0.239 e. The van der Waals surface area contributed by atoms with E-state index in [0.717, 1.165) is 12.8 Å². The highest BCUT2D eigenvalue weighted by molar-refractivity contribution is 5.85. The summed E-state index contributed by atoms with van der Waals surface area (Å²) in [6.07, 6.45) is 2.75. The van der Waals surface area contributed by atoms with Crippen LogP contribution < -0.4 is 11.1 Å². The fourth-order valence-electron chi connectivity index (χ4n) is 1.05. The van der Waals surface area contributed by atoms with Crippen LogP contribution in [0, 0.1) is 0 Å². The van der Waals surface area contributed by atoms with Crippen LogP contribution >= 0.6 is 0 Å². The van der Waals surface area contributed by atoms with Crippen LogP contribution in [0.2, 0.25) is 0 Å². The molecule has 0 saturated carbocycles. The minimum Gasteiger partial charge on any atom is -0.352 e. The number of carbonyl (C=O) groups is 1. The molecular weight excluding hydrogens is 164 g/mol. The highest BCUT2D eigenvalue weighted by atomic mass is 16.2. The second-order valence-electron chi connectivity index (χ2n) is 3.93. The third-order valence-electron chi connectivity index (χ3n) is 2.35. The van der Waals surface area contributed by atoms with Crippen molar-refractivity contribution < 1.29 is 4.79 Å². The molecule has 0 saturated heterocycles. The maximum absolute atomic E-state index is 11.5. The normalized spacial score (nSPS) is 17.6. The lowest BCUT2D eigenvalue weighted by Gasteiger charge is -2.24. The van der Waals surface area contributed by atoms with Gasteiger partial charge in [-0.15, -0.1) is 0 Å². The first-order valence-electron chi connectivity index (χ1n) is 5.03. The van der Waals surface area contributed by atoms with Gasteiger partial charge in [0, 0.05) is 6.04 Å². The van der Waals surface area contributed by atoms with Crippen molar-refractivity contribution in [2.45, 2.75) is 58.5 Å². The molecule has 0 aliphatic rings. The first-order valence-corrected chi connectivity index (χ1v) is 5.03. The van der Waals surface area contributed by atoms with E-state index in [4.69, 9.17) is 5.73 Å². The Bertz CT molecular complexity index is 166. The van der Waals surface area contributed by atoms with Crippen LogP contribution in [0.1, 0.15) is 47.0 Å². The second-order valence-corrected chi connectivity index (χ2v) is 3.93. The summed E-state index contributed by atoms with van der Waals surface area (Å²) in [5, 5.41) is 2.91. The topological polar surface area (TPSA) is 55.1 Å². The molecule has 2 unspecified atom stereocenters. The number of nitrogens with one attached hydrogen (secondary N) is 1. The maximum Gasteiger partial charge on any atom is 0.239 e. The molecule has 0 heterocycles. The van der Waals surface area contributed by atoms with Gasteiger partial charge in [-0.05, 0) is 26.7 Å². The fourth-order valence-corrected chi connectivity index (χ4v) is 1.05. The van der Waals surface area contributed by atoms with Gasteiger partial charge in [0.25, 0.3) is 0 Å². The first kappa shape index (κ1) is 12.4. The van der Waals surface area contributed by atoms with E-state index < -0.39 is 5.54 Å². The molecule has 1 amide bonds. The highest BCUT2D eigenvalue weighted by Gasteiger charge is 2.26. The SMILES string of the molecule is CCCC(C)NC(=O)C(C)(N)CC. The Morgan fingerprint density at radius 1 is 1.54 bits per heavy atom. The number of carbonyl (C=O) groups excluding carboxylic acids is 1. The molecule has 0 aromatic heterocycles. The summed E-state index contributed by atoms with van der Waals surface area (Å²) in [6, 6.07) is 0.229. The lowest BCUT2D eigenvalue weighted by Crippen LogP contribution is -2.53. The Labute approximate surface area is 81.1 Å². The fraction of sp³-hybridized carbons (Fsp3) is 0.900. The van der Waals surface area contributed by atoms with Gasteiger partial charge in [-0.1, -0.05) is 20.3 Å². The maximum atomic E-state index is 11.5. The Kier molecular flexibility index (Phi) is 4.99. The summed E-state index contributed by atoms with van der Waals surface area (Å²) in [6.45, 7) is 7.79. The average Bonchev–Trinajstić information content (AvgIpc) is 2.04. The molecule has 0 spiro atoms. The molecule has 3 nitrogen and oxygen atoms in total. The number of hydrogen-bond donors (Lipinski definition) is 2. The monoisotopic (exact) mass is 186 g/mol. The van der Waals surface area contributed by atoms with Gasteiger partial charge in [-0.3, -0.25) is 4.79 Å². The highest BCUT2D eigenvalue weighted by Crippen LogP contribution is 2.05. The molecule has 0 radical (unpaired) electrons. The minimum atomic E-state index is -0.720. The zero-order chi connectivity index (χ0) is 10.5. The van der Waals surface area contributed by atoms with Crippen molar-refractivity contribution in [1.29, 1.82) is 0 Å². The lowest BCUT2D eigenvalue weighted by molar-refractivity contribution is -0.126. The third-order valence-corrected chi connectivity index (χ3v) is 2.35. The molecule has 0 aliphatic carbocycles. The largest absolute Gasteiger partial charge is 0.352 e. The van der Waals surface area contributed by atoms with Crippen molar-refractivity contribution in [3.8, 4) is 0 Å². The van der Waals surface area contributed by atoms with Crippen LogP contribution in [0.25, 0.3) is 0 Å². The van der Waals surface area contributed by atoms with Crippen LogP contribution in [-0.2, 0) is 4.79 Å². The van der Waals surface area contributed by atoms with Gasteiger partial charge in [0.15, 0.2) is 0 Å². The molecule has 0 aromatic rings. The van der Waals surface area contributed by atoms with Gasteiger partial charge in [0.05, 0.1) is 5.54 Å². The predicted octanol–water partition coefficient (Wildman–Crippen LogP) is 1.42. The summed E-state index contributed by atoms with van der Waals surface area (Å²) in [5.41, 5.74) is 5.07. The Hall–Kier alpha value is -0.570. The summed E-state index contributed by atoms with van der Waals surface area (Å²) in [4.78, 5) is 11.5. The van der Waals surface area contributed by atoms with Crippen molar-refractivity contribution in [2.75, 3.05) is 0 Å². The zero-order valence-electron chi connectivity index (χ0n) is 9.18. The molecular formula is C10H22N2O. The van der Waals surface area contributed by atoms with E-state index in [1.54, 1.807) is 6.92 Å².